The van der Waals surface area contributed by atoms with Crippen LogP contribution in [0.25, 0.3) is 0 Å². The topological polar surface area (TPSA) is 0 Å². The Bertz CT molecular complexity index is 275. The maximum Gasteiger partial charge on any atom is -0.0171 e. The lowest BCUT2D eigenvalue weighted by Crippen LogP contribution is -2.39. The number of rotatable bonds is 0. The normalized spacial score (nSPS) is 62.1. The third-order valence-corrected chi connectivity index (χ3v) is 7.46. The first kappa shape index (κ1) is 8.19. The van der Waals surface area contributed by atoms with E-state index in [0.29, 0.717) is 0 Å². The van der Waals surface area contributed by atoms with Crippen LogP contribution in [0.1, 0.15) is 58.8 Å². The van der Waals surface area contributed by atoms with Gasteiger partial charge in [-0.2, -0.15) is 0 Å². The van der Waals surface area contributed by atoms with E-state index in [1.807, 2.05) is 0 Å². The SMILES string of the molecule is C[C@@]12[C@H]3CCC[C@H]3[C@]1(C)C21CCCC1. The molecule has 0 heteroatoms. The van der Waals surface area contributed by atoms with Gasteiger partial charge >= 0.3 is 0 Å². The van der Waals surface area contributed by atoms with E-state index in [1.54, 1.807) is 25.7 Å². The minimum atomic E-state index is 0.803. The van der Waals surface area contributed by atoms with Crippen molar-refractivity contribution < 1.29 is 0 Å². The Morgan fingerprint density at radius 1 is 0.786 bits per heavy atom. The first-order valence-electron chi connectivity index (χ1n) is 6.68. The molecule has 0 nitrogen and oxygen atoms in total. The van der Waals surface area contributed by atoms with Crippen molar-refractivity contribution in [1.29, 1.82) is 0 Å². The van der Waals surface area contributed by atoms with Gasteiger partial charge in [0.1, 0.15) is 0 Å². The van der Waals surface area contributed by atoms with Crippen LogP contribution in [0.3, 0.4) is 0 Å². The van der Waals surface area contributed by atoms with Crippen LogP contribution < -0.4 is 0 Å². The molecule has 4 atom stereocenters. The van der Waals surface area contributed by atoms with E-state index in [-0.39, 0.29) is 0 Å². The summed E-state index contributed by atoms with van der Waals surface area (Å²) in [6.07, 6.45) is 10.9. The summed E-state index contributed by atoms with van der Waals surface area (Å²) < 4.78 is 0. The largest absolute Gasteiger partial charge is 0.0583 e. The van der Waals surface area contributed by atoms with Crippen LogP contribution in [0.4, 0.5) is 0 Å². The maximum atomic E-state index is 2.64. The smallest absolute Gasteiger partial charge is 0.0171 e. The highest BCUT2D eigenvalue weighted by Crippen LogP contribution is 2.98. The highest BCUT2D eigenvalue weighted by Gasteiger charge is 2.93. The van der Waals surface area contributed by atoms with Gasteiger partial charge in [-0.05, 0) is 53.8 Å². The van der Waals surface area contributed by atoms with Crippen LogP contribution >= 0.6 is 0 Å². The molecule has 4 fully saturated rings. The van der Waals surface area contributed by atoms with E-state index in [0.717, 1.165) is 28.1 Å². The lowest BCUT2D eigenvalue weighted by Gasteiger charge is -2.44. The van der Waals surface area contributed by atoms with E-state index in [2.05, 4.69) is 13.8 Å². The quantitative estimate of drug-likeness (QED) is 0.541. The highest BCUT2D eigenvalue weighted by atomic mass is 15.0. The van der Waals surface area contributed by atoms with Gasteiger partial charge in [-0.1, -0.05) is 33.1 Å². The first-order chi connectivity index (χ1) is 6.68. The molecule has 0 aromatic carbocycles. The summed E-state index contributed by atoms with van der Waals surface area (Å²) in [6, 6.07) is 0. The molecule has 0 N–H and O–H groups in total. The monoisotopic (exact) mass is 190 g/mol. The van der Waals surface area contributed by atoms with Crippen molar-refractivity contribution in [3.63, 3.8) is 0 Å². The Morgan fingerprint density at radius 3 is 1.79 bits per heavy atom. The fourth-order valence-electron chi connectivity index (χ4n) is 6.90. The molecular formula is C14H22. The van der Waals surface area contributed by atoms with Gasteiger partial charge in [-0.3, -0.25) is 0 Å². The van der Waals surface area contributed by atoms with Crippen molar-refractivity contribution in [3.8, 4) is 0 Å². The summed E-state index contributed by atoms with van der Waals surface area (Å²) in [5.41, 5.74) is 2.45. The average molecular weight is 190 g/mol. The Labute approximate surface area is 87.5 Å². The lowest BCUT2D eigenvalue weighted by molar-refractivity contribution is 0.0302. The molecule has 0 unspecified atom stereocenters. The lowest BCUT2D eigenvalue weighted by atomic mass is 9.60. The first-order valence-corrected chi connectivity index (χ1v) is 6.68. The summed E-state index contributed by atoms with van der Waals surface area (Å²) in [5, 5.41) is 0. The second kappa shape index (κ2) is 1.95. The summed E-state index contributed by atoms with van der Waals surface area (Å²) >= 11 is 0. The van der Waals surface area contributed by atoms with Crippen LogP contribution in [0, 0.1) is 28.1 Å². The zero-order valence-corrected chi connectivity index (χ0v) is 9.60. The molecule has 0 saturated heterocycles. The van der Waals surface area contributed by atoms with Crippen LogP contribution in [0.5, 0.6) is 0 Å². The Hall–Kier alpha value is 0. The van der Waals surface area contributed by atoms with Crippen molar-refractivity contribution in [2.45, 2.75) is 58.8 Å². The van der Waals surface area contributed by atoms with Crippen LogP contribution in [0.2, 0.25) is 0 Å². The maximum absolute atomic E-state index is 2.64. The molecule has 4 aliphatic carbocycles. The Balaban J connectivity index is 1.80. The van der Waals surface area contributed by atoms with E-state index >= 15 is 0 Å². The standard InChI is InChI=1S/C14H22/c1-12-10-6-5-7-11(10)13(12,2)14(12)8-3-4-9-14/h10-11H,3-9H2,1-2H3/t10-,11+,12+,13-. The van der Waals surface area contributed by atoms with Gasteiger partial charge in [-0.15, -0.1) is 0 Å². The molecular weight excluding hydrogens is 168 g/mol. The van der Waals surface area contributed by atoms with Gasteiger partial charge in [0.2, 0.25) is 0 Å². The van der Waals surface area contributed by atoms with Gasteiger partial charge in [-0.25, -0.2) is 0 Å². The van der Waals surface area contributed by atoms with Gasteiger partial charge in [0.15, 0.2) is 0 Å². The van der Waals surface area contributed by atoms with E-state index in [9.17, 15) is 0 Å². The molecule has 1 spiro atoms. The average Bonchev–Trinajstić information content (AvgIpc) is 2.76. The summed E-state index contributed by atoms with van der Waals surface area (Å²) in [5.74, 6) is 2.29. The zero-order valence-electron chi connectivity index (χ0n) is 9.60. The second-order valence-electron chi connectivity index (χ2n) is 6.84. The zero-order chi connectivity index (χ0) is 9.60. The van der Waals surface area contributed by atoms with Gasteiger partial charge < -0.3 is 0 Å². The van der Waals surface area contributed by atoms with Crippen molar-refractivity contribution in [3.05, 3.63) is 0 Å². The Kier molecular flexibility index (Phi) is 1.14. The summed E-state index contributed by atoms with van der Waals surface area (Å²) in [4.78, 5) is 0. The third-order valence-electron chi connectivity index (χ3n) is 7.46. The number of hydrogen-bond donors (Lipinski definition) is 0. The van der Waals surface area contributed by atoms with Crippen LogP contribution in [0.15, 0.2) is 0 Å². The van der Waals surface area contributed by atoms with Crippen molar-refractivity contribution in [2.75, 3.05) is 0 Å². The van der Waals surface area contributed by atoms with Crippen molar-refractivity contribution in [2.24, 2.45) is 28.1 Å². The van der Waals surface area contributed by atoms with Crippen LogP contribution in [-0.2, 0) is 0 Å². The third kappa shape index (κ3) is 0.463. The van der Waals surface area contributed by atoms with Crippen molar-refractivity contribution in [1.82, 2.24) is 0 Å². The molecule has 0 aromatic rings. The summed E-state index contributed by atoms with van der Waals surface area (Å²) in [6.45, 7) is 5.29. The predicted octanol–water partition coefficient (Wildman–Crippen LogP) is 4.00. The van der Waals surface area contributed by atoms with E-state index in [1.165, 1.54) is 19.3 Å². The highest BCUT2D eigenvalue weighted by molar-refractivity contribution is 5.40. The molecule has 0 aliphatic heterocycles. The molecule has 4 saturated carbocycles. The fraction of sp³-hybridized carbons (Fsp3) is 1.00. The molecule has 4 aliphatic rings. The fourth-order valence-corrected chi connectivity index (χ4v) is 6.90. The number of fused-ring (bicyclic) bond motifs is 6. The van der Waals surface area contributed by atoms with E-state index < -0.39 is 0 Å². The molecule has 0 aromatic heterocycles. The molecule has 0 amide bonds. The van der Waals surface area contributed by atoms with Crippen molar-refractivity contribution >= 4 is 0 Å². The molecule has 0 bridgehead atoms. The minimum absolute atomic E-state index is 0.803. The number of hydrogen-bond acceptors (Lipinski definition) is 0. The van der Waals surface area contributed by atoms with E-state index in [4.69, 9.17) is 0 Å². The van der Waals surface area contributed by atoms with Gasteiger partial charge in [0, 0.05) is 0 Å². The summed E-state index contributed by atoms with van der Waals surface area (Å²) in [7, 11) is 0. The molecule has 14 heavy (non-hydrogen) atoms. The molecule has 4 rings (SSSR count). The minimum Gasteiger partial charge on any atom is -0.0583 e. The molecule has 0 heterocycles. The second-order valence-corrected chi connectivity index (χ2v) is 6.84. The molecule has 0 radical (unpaired) electrons. The van der Waals surface area contributed by atoms with Gasteiger partial charge in [0.05, 0.1) is 0 Å². The Morgan fingerprint density at radius 2 is 1.29 bits per heavy atom. The van der Waals surface area contributed by atoms with Gasteiger partial charge in [0.25, 0.3) is 0 Å². The predicted molar refractivity (Wildman–Crippen MR) is 57.9 cm³/mol. The molecule has 78 valence electrons. The van der Waals surface area contributed by atoms with Crippen LogP contribution in [-0.4, -0.2) is 0 Å².